The molecule has 0 spiro atoms. The molecule has 1 saturated carbocycles. The van der Waals surface area contributed by atoms with E-state index in [1.54, 1.807) is 19.2 Å². The van der Waals surface area contributed by atoms with Gasteiger partial charge in [0.05, 0.1) is 31.5 Å². The van der Waals surface area contributed by atoms with Gasteiger partial charge in [0, 0.05) is 19.8 Å². The van der Waals surface area contributed by atoms with Crippen LogP contribution in [0.3, 0.4) is 0 Å². The zero-order chi connectivity index (χ0) is 20.9. The number of amides is 1. The van der Waals surface area contributed by atoms with Crippen molar-refractivity contribution in [3.05, 3.63) is 24.7 Å². The first-order valence-electron chi connectivity index (χ1n) is 10.1. The van der Waals surface area contributed by atoms with Gasteiger partial charge in [-0.15, -0.1) is 0 Å². The van der Waals surface area contributed by atoms with Crippen molar-refractivity contribution in [3.8, 4) is 0 Å². The third-order valence-corrected chi connectivity index (χ3v) is 6.75. The molecule has 2 aliphatic rings. The quantitative estimate of drug-likeness (QED) is 0.520. The van der Waals surface area contributed by atoms with E-state index in [4.69, 9.17) is 4.74 Å². The molecular formula is C19H30N4O5S. The summed E-state index contributed by atoms with van der Waals surface area (Å²) in [5.74, 6) is 0.445. The number of rotatable bonds is 8. The maximum Gasteiger partial charge on any atom is 0.260 e. The molecule has 0 bridgehead atoms. The molecule has 1 aliphatic heterocycles. The Morgan fingerprint density at radius 2 is 2.07 bits per heavy atom. The van der Waals surface area contributed by atoms with Crippen molar-refractivity contribution in [3.63, 3.8) is 0 Å². The average Bonchev–Trinajstić information content (AvgIpc) is 3.15. The van der Waals surface area contributed by atoms with E-state index in [0.717, 1.165) is 12.8 Å². The Labute approximate surface area is 171 Å². The number of hydrogen-bond donors (Lipinski definition) is 3. The molecule has 10 heteroatoms. The molecule has 1 amide bonds. The second-order valence-electron chi connectivity index (χ2n) is 7.82. The van der Waals surface area contributed by atoms with Crippen LogP contribution in [-0.4, -0.2) is 60.4 Å². The minimum absolute atomic E-state index is 0.102. The number of aryl methyl sites for hydroxylation is 1. The smallest absolute Gasteiger partial charge is 0.260 e. The second-order valence-corrected chi connectivity index (χ2v) is 9.48. The number of aliphatic hydroxyl groups excluding tert-OH is 1. The summed E-state index contributed by atoms with van der Waals surface area (Å²) in [4.78, 5) is 16.1. The molecule has 162 valence electrons. The molecule has 0 aromatic carbocycles. The third-order valence-electron chi connectivity index (χ3n) is 5.41. The lowest BCUT2D eigenvalue weighted by Crippen LogP contribution is -2.49. The van der Waals surface area contributed by atoms with E-state index in [0.29, 0.717) is 12.5 Å². The fraction of sp³-hybridized carbons (Fsp3) is 0.684. The molecule has 0 radical (unpaired) electrons. The number of ether oxygens (including phenoxy) is 1. The summed E-state index contributed by atoms with van der Waals surface area (Å²) in [7, 11) is -2.17. The zero-order valence-corrected chi connectivity index (χ0v) is 17.5. The predicted molar refractivity (Wildman–Crippen MR) is 106 cm³/mol. The highest BCUT2D eigenvalue weighted by Crippen LogP contribution is 2.23. The topological polar surface area (TPSA) is 123 Å². The van der Waals surface area contributed by atoms with Gasteiger partial charge in [0.25, 0.3) is 10.0 Å². The van der Waals surface area contributed by atoms with Crippen LogP contribution in [0.15, 0.2) is 29.7 Å². The van der Waals surface area contributed by atoms with Crippen LogP contribution in [0.25, 0.3) is 0 Å². The van der Waals surface area contributed by atoms with Gasteiger partial charge in [-0.05, 0) is 18.8 Å². The number of aliphatic hydroxyl groups is 1. The van der Waals surface area contributed by atoms with Crippen LogP contribution in [0, 0.1) is 5.92 Å². The first-order chi connectivity index (χ1) is 13.9. The summed E-state index contributed by atoms with van der Waals surface area (Å²) in [6, 6.07) is -0.742. The molecule has 2 heterocycles. The van der Waals surface area contributed by atoms with Crippen LogP contribution in [0.1, 0.15) is 38.5 Å². The predicted octanol–water partition coefficient (Wildman–Crippen LogP) is 0.470. The first kappa shape index (κ1) is 21.9. The molecule has 1 aromatic heterocycles. The van der Waals surface area contributed by atoms with Crippen molar-refractivity contribution in [1.82, 2.24) is 19.6 Å². The van der Waals surface area contributed by atoms with Crippen LogP contribution >= 0.6 is 0 Å². The second kappa shape index (κ2) is 9.84. The fourth-order valence-corrected chi connectivity index (χ4v) is 4.98. The van der Waals surface area contributed by atoms with Gasteiger partial charge in [-0.25, -0.2) is 18.1 Å². The average molecular weight is 427 g/mol. The number of carbonyl (C=O) groups excluding carboxylic acids is 1. The van der Waals surface area contributed by atoms with E-state index in [9.17, 15) is 18.3 Å². The van der Waals surface area contributed by atoms with Gasteiger partial charge in [-0.1, -0.05) is 31.4 Å². The normalized spacial score (nSPS) is 25.8. The fourth-order valence-electron chi connectivity index (χ4n) is 3.78. The van der Waals surface area contributed by atoms with Crippen LogP contribution in [-0.2, 0) is 26.6 Å². The van der Waals surface area contributed by atoms with Gasteiger partial charge >= 0.3 is 0 Å². The van der Waals surface area contributed by atoms with Crippen LogP contribution in [0.4, 0.5) is 0 Å². The lowest BCUT2D eigenvalue weighted by molar-refractivity contribution is -0.125. The standard InChI is InChI=1S/C19H30N4O5S/c1-23-11-19(21-13-23)29(26,27)22-16-8-7-15(28-17(16)12-24)9-18(25)20-10-14-5-3-2-4-6-14/h7-8,11,13-17,22,24H,2-6,9-10,12H2,1H3,(H,20,25)/t15-,16+,17+/m0/s1. The van der Waals surface area contributed by atoms with Crippen molar-refractivity contribution in [2.75, 3.05) is 13.2 Å². The summed E-state index contributed by atoms with van der Waals surface area (Å²) in [6.45, 7) is 0.311. The number of nitrogens with zero attached hydrogens (tertiary/aromatic N) is 2. The van der Waals surface area contributed by atoms with Crippen LogP contribution < -0.4 is 10.0 Å². The SMILES string of the molecule is Cn1cnc(S(=O)(=O)N[C@@H]2C=C[C@@H](CC(=O)NCC3CCCCC3)O[C@@H]2CO)c1. The van der Waals surface area contributed by atoms with Gasteiger partial charge in [0.1, 0.15) is 6.10 Å². The van der Waals surface area contributed by atoms with Crippen molar-refractivity contribution >= 4 is 15.9 Å². The van der Waals surface area contributed by atoms with E-state index < -0.39 is 28.3 Å². The number of sulfonamides is 1. The number of nitrogens with one attached hydrogen (secondary N) is 2. The van der Waals surface area contributed by atoms with E-state index in [2.05, 4.69) is 15.0 Å². The first-order valence-corrected chi connectivity index (χ1v) is 11.6. The molecule has 9 nitrogen and oxygen atoms in total. The Morgan fingerprint density at radius 3 is 2.72 bits per heavy atom. The van der Waals surface area contributed by atoms with Gasteiger partial charge in [-0.2, -0.15) is 0 Å². The molecule has 1 aliphatic carbocycles. The molecular weight excluding hydrogens is 396 g/mol. The largest absolute Gasteiger partial charge is 0.394 e. The van der Waals surface area contributed by atoms with E-state index in [1.807, 2.05) is 0 Å². The highest BCUT2D eigenvalue weighted by Gasteiger charge is 2.32. The number of hydrogen-bond acceptors (Lipinski definition) is 6. The molecule has 0 saturated heterocycles. The summed E-state index contributed by atoms with van der Waals surface area (Å²) in [5, 5.41) is 12.5. The van der Waals surface area contributed by atoms with Gasteiger partial charge in [0.2, 0.25) is 5.91 Å². The van der Waals surface area contributed by atoms with Crippen LogP contribution in [0.5, 0.6) is 0 Å². The summed E-state index contributed by atoms with van der Waals surface area (Å²) < 4.78 is 34.7. The highest BCUT2D eigenvalue weighted by atomic mass is 32.2. The molecule has 0 unspecified atom stereocenters. The zero-order valence-electron chi connectivity index (χ0n) is 16.7. The highest BCUT2D eigenvalue weighted by molar-refractivity contribution is 7.89. The maximum atomic E-state index is 12.4. The molecule has 3 atom stereocenters. The molecule has 1 aromatic rings. The van der Waals surface area contributed by atoms with Crippen molar-refractivity contribution in [1.29, 1.82) is 0 Å². The monoisotopic (exact) mass is 426 g/mol. The summed E-state index contributed by atoms with van der Waals surface area (Å²) in [5.41, 5.74) is 0. The number of carbonyl (C=O) groups is 1. The lowest BCUT2D eigenvalue weighted by atomic mass is 9.89. The molecule has 29 heavy (non-hydrogen) atoms. The van der Waals surface area contributed by atoms with E-state index in [-0.39, 0.29) is 24.0 Å². The van der Waals surface area contributed by atoms with Crippen molar-refractivity contribution in [2.24, 2.45) is 13.0 Å². The number of aromatic nitrogens is 2. The van der Waals surface area contributed by atoms with Crippen LogP contribution in [0.2, 0.25) is 0 Å². The minimum Gasteiger partial charge on any atom is -0.394 e. The molecule has 3 rings (SSSR count). The molecule has 1 fully saturated rings. The Kier molecular flexibility index (Phi) is 7.44. The van der Waals surface area contributed by atoms with Gasteiger partial charge in [-0.3, -0.25) is 4.79 Å². The maximum absolute atomic E-state index is 12.4. The summed E-state index contributed by atoms with van der Waals surface area (Å²) >= 11 is 0. The van der Waals surface area contributed by atoms with Crippen molar-refractivity contribution in [2.45, 2.75) is 61.8 Å². The van der Waals surface area contributed by atoms with Gasteiger partial charge in [0.15, 0.2) is 5.03 Å². The molecule has 3 N–H and O–H groups in total. The van der Waals surface area contributed by atoms with E-state index in [1.165, 1.54) is 36.4 Å². The van der Waals surface area contributed by atoms with Crippen molar-refractivity contribution < 1.29 is 23.1 Å². The Hall–Kier alpha value is -1.75. The Morgan fingerprint density at radius 1 is 1.31 bits per heavy atom. The summed E-state index contributed by atoms with van der Waals surface area (Å²) in [6.07, 6.45) is 11.0. The number of imidazole rings is 1. The minimum atomic E-state index is -3.85. The Bertz CT molecular complexity index is 816. The van der Waals surface area contributed by atoms with Gasteiger partial charge < -0.3 is 19.7 Å². The lowest BCUT2D eigenvalue weighted by Gasteiger charge is -2.31. The van der Waals surface area contributed by atoms with E-state index >= 15 is 0 Å². The third kappa shape index (κ3) is 6.11. The Balaban J connectivity index is 1.53.